The lowest BCUT2D eigenvalue weighted by atomic mass is 9.99. The topological polar surface area (TPSA) is 17.1 Å². The molecule has 1 saturated heterocycles. The van der Waals surface area contributed by atoms with Crippen LogP contribution >= 0.6 is 11.8 Å². The first-order valence-electron chi connectivity index (χ1n) is 6.92. The van der Waals surface area contributed by atoms with Crippen LogP contribution in [0, 0.1) is 11.6 Å². The summed E-state index contributed by atoms with van der Waals surface area (Å²) in [5, 5.41) is 0. The van der Waals surface area contributed by atoms with Gasteiger partial charge in [-0.15, -0.1) is 11.8 Å². The van der Waals surface area contributed by atoms with Crippen LogP contribution in [0.3, 0.4) is 0 Å². The summed E-state index contributed by atoms with van der Waals surface area (Å²) in [6.45, 7) is 0. The number of rotatable bonds is 2. The molecule has 0 bridgehead atoms. The first-order chi connectivity index (χ1) is 10.6. The molecule has 1 heterocycles. The molecule has 1 aliphatic rings. The van der Waals surface area contributed by atoms with Crippen LogP contribution in [-0.4, -0.2) is 15.7 Å². The van der Waals surface area contributed by atoms with Crippen molar-refractivity contribution in [2.45, 2.75) is 6.42 Å². The summed E-state index contributed by atoms with van der Waals surface area (Å²) in [5.74, 6) is 0.913. The first-order valence-corrected chi connectivity index (χ1v) is 9.23. The Kier molecular flexibility index (Phi) is 4.74. The molecule has 0 amide bonds. The van der Waals surface area contributed by atoms with Crippen LogP contribution < -0.4 is 0 Å². The third-order valence-corrected chi connectivity index (χ3v) is 6.53. The van der Waals surface area contributed by atoms with Crippen molar-refractivity contribution in [3.63, 3.8) is 0 Å². The minimum atomic E-state index is -1.06. The highest BCUT2D eigenvalue weighted by Crippen LogP contribution is 2.37. The normalized spacial score (nSPS) is 18.3. The molecule has 5 heteroatoms. The Morgan fingerprint density at radius 3 is 1.86 bits per heavy atom. The fourth-order valence-electron chi connectivity index (χ4n) is 2.33. The van der Waals surface area contributed by atoms with E-state index in [9.17, 15) is 13.0 Å². The summed E-state index contributed by atoms with van der Waals surface area (Å²) in [6.07, 6.45) is 0.918. The third kappa shape index (κ3) is 3.31. The van der Waals surface area contributed by atoms with E-state index in [4.69, 9.17) is 0 Å². The minimum absolute atomic E-state index is 0.315. The molecular weight excluding hydrogens is 322 g/mol. The molecule has 1 unspecified atom stereocenters. The highest BCUT2D eigenvalue weighted by Gasteiger charge is 2.21. The fourth-order valence-corrected chi connectivity index (χ4v) is 5.45. The van der Waals surface area contributed by atoms with Crippen molar-refractivity contribution in [1.29, 1.82) is 0 Å². The highest BCUT2D eigenvalue weighted by atomic mass is 32.2. The number of benzene rings is 2. The third-order valence-electron chi connectivity index (χ3n) is 3.38. The molecule has 0 radical (unpaired) electrons. The second-order valence-corrected chi connectivity index (χ2v) is 7.80. The van der Waals surface area contributed by atoms with Gasteiger partial charge >= 0.3 is 0 Å². The molecule has 1 aliphatic heterocycles. The van der Waals surface area contributed by atoms with Crippen molar-refractivity contribution in [3.8, 4) is 0 Å². The van der Waals surface area contributed by atoms with E-state index >= 15 is 0 Å². The quantitative estimate of drug-likeness (QED) is 0.799. The predicted molar refractivity (Wildman–Crippen MR) is 88.9 cm³/mol. The largest absolute Gasteiger partial charge is 0.254 e. The summed E-state index contributed by atoms with van der Waals surface area (Å²) in [4.78, 5) is 0. The number of halogens is 2. The first kappa shape index (κ1) is 15.4. The van der Waals surface area contributed by atoms with Crippen LogP contribution in [0.2, 0.25) is 0 Å². The second kappa shape index (κ2) is 6.75. The molecule has 2 aromatic carbocycles. The Hall–Kier alpha value is -1.46. The Morgan fingerprint density at radius 2 is 1.41 bits per heavy atom. The monoisotopic (exact) mass is 336 g/mol. The van der Waals surface area contributed by atoms with E-state index in [-0.39, 0.29) is 11.6 Å². The number of thioether (sulfide) groups is 1. The summed E-state index contributed by atoms with van der Waals surface area (Å²) in [6, 6.07) is 12.2. The van der Waals surface area contributed by atoms with Gasteiger partial charge in [0, 0.05) is 11.3 Å². The summed E-state index contributed by atoms with van der Waals surface area (Å²) >= 11 is 1.57. The highest BCUT2D eigenvalue weighted by molar-refractivity contribution is 8.17. The Bertz CT molecular complexity index is 674. The molecule has 114 valence electrons. The zero-order valence-corrected chi connectivity index (χ0v) is 13.4. The molecule has 22 heavy (non-hydrogen) atoms. The lowest BCUT2D eigenvalue weighted by Crippen LogP contribution is -2.09. The summed E-state index contributed by atoms with van der Waals surface area (Å²) in [7, 11) is -1.06. The molecule has 1 atom stereocenters. The standard InChI is InChI=1S/C17H14F2OS2/c18-14-6-2-12(3-7-14)16(13-4-8-15(19)9-5-13)17-21-10-1-11-22(17)20/h2-9H,1,10-11H2. The van der Waals surface area contributed by atoms with Crippen LogP contribution in [0.5, 0.6) is 0 Å². The van der Waals surface area contributed by atoms with Gasteiger partial charge in [0.25, 0.3) is 0 Å². The maximum absolute atomic E-state index is 13.2. The van der Waals surface area contributed by atoms with Crippen LogP contribution in [0.1, 0.15) is 17.5 Å². The van der Waals surface area contributed by atoms with Gasteiger partial charge in [0.15, 0.2) is 0 Å². The predicted octanol–water partition coefficient (Wildman–Crippen LogP) is 4.57. The van der Waals surface area contributed by atoms with Gasteiger partial charge in [-0.1, -0.05) is 24.3 Å². The SMILES string of the molecule is O=S1CCCSC1=C(c1ccc(F)cc1)c1ccc(F)cc1. The summed E-state index contributed by atoms with van der Waals surface area (Å²) in [5.41, 5.74) is 2.40. The van der Waals surface area contributed by atoms with Gasteiger partial charge in [-0.2, -0.15) is 0 Å². The fraction of sp³-hybridized carbons (Fsp3) is 0.176. The Labute approximate surface area is 134 Å². The van der Waals surface area contributed by atoms with E-state index in [0.29, 0.717) is 5.75 Å². The molecule has 1 nitrogen and oxygen atoms in total. The smallest absolute Gasteiger partial charge is 0.123 e. The number of hydrogen-bond acceptors (Lipinski definition) is 2. The van der Waals surface area contributed by atoms with E-state index in [1.807, 2.05) is 0 Å². The molecule has 3 rings (SSSR count). The molecule has 0 saturated carbocycles. The average molecular weight is 336 g/mol. The second-order valence-electron chi connectivity index (χ2n) is 4.93. The van der Waals surface area contributed by atoms with Crippen molar-refractivity contribution >= 4 is 28.1 Å². The molecule has 0 spiro atoms. The van der Waals surface area contributed by atoms with Crippen molar-refractivity contribution in [1.82, 2.24) is 0 Å². The summed E-state index contributed by atoms with van der Waals surface area (Å²) < 4.78 is 39.6. The van der Waals surface area contributed by atoms with Crippen LogP contribution in [0.15, 0.2) is 52.8 Å². The van der Waals surface area contributed by atoms with Crippen molar-refractivity contribution in [3.05, 3.63) is 75.5 Å². The molecule has 0 N–H and O–H groups in total. The minimum Gasteiger partial charge on any atom is -0.254 e. The molecule has 2 aromatic rings. The van der Waals surface area contributed by atoms with Gasteiger partial charge in [-0.3, -0.25) is 4.21 Å². The van der Waals surface area contributed by atoms with Crippen LogP contribution in [0.4, 0.5) is 8.78 Å². The molecule has 0 aromatic heterocycles. The molecular formula is C17H14F2OS2. The van der Waals surface area contributed by atoms with Gasteiger partial charge in [0.05, 0.1) is 15.0 Å². The van der Waals surface area contributed by atoms with Crippen molar-refractivity contribution in [2.75, 3.05) is 11.5 Å². The van der Waals surface area contributed by atoms with E-state index in [2.05, 4.69) is 0 Å². The molecule has 0 aliphatic carbocycles. The Morgan fingerprint density at radius 1 is 0.909 bits per heavy atom. The Balaban J connectivity index is 2.17. The van der Waals surface area contributed by atoms with E-state index in [0.717, 1.165) is 33.1 Å². The van der Waals surface area contributed by atoms with Crippen LogP contribution in [-0.2, 0) is 10.8 Å². The van der Waals surface area contributed by atoms with E-state index in [1.54, 1.807) is 36.0 Å². The van der Waals surface area contributed by atoms with Crippen LogP contribution in [0.25, 0.3) is 5.57 Å². The van der Waals surface area contributed by atoms with Gasteiger partial charge < -0.3 is 0 Å². The maximum Gasteiger partial charge on any atom is 0.123 e. The van der Waals surface area contributed by atoms with Gasteiger partial charge in [-0.05, 0) is 47.6 Å². The number of hydrogen-bond donors (Lipinski definition) is 0. The van der Waals surface area contributed by atoms with E-state index < -0.39 is 10.8 Å². The molecule has 1 fully saturated rings. The van der Waals surface area contributed by atoms with Gasteiger partial charge in [-0.25, -0.2) is 8.78 Å². The van der Waals surface area contributed by atoms with Gasteiger partial charge in [0.2, 0.25) is 0 Å². The van der Waals surface area contributed by atoms with Gasteiger partial charge in [0.1, 0.15) is 11.6 Å². The lowest BCUT2D eigenvalue weighted by molar-refractivity contribution is 0.627. The van der Waals surface area contributed by atoms with Crippen molar-refractivity contribution in [2.24, 2.45) is 0 Å². The van der Waals surface area contributed by atoms with Crippen molar-refractivity contribution < 1.29 is 13.0 Å². The average Bonchev–Trinajstić information content (AvgIpc) is 2.53. The lowest BCUT2D eigenvalue weighted by Gasteiger charge is -2.19. The zero-order chi connectivity index (χ0) is 15.5. The zero-order valence-electron chi connectivity index (χ0n) is 11.7. The van der Waals surface area contributed by atoms with E-state index in [1.165, 1.54) is 24.3 Å². The maximum atomic E-state index is 13.2.